The van der Waals surface area contributed by atoms with Gasteiger partial charge in [-0.15, -0.1) is 0 Å². The Morgan fingerprint density at radius 1 is 1.17 bits per heavy atom. The van der Waals surface area contributed by atoms with Gasteiger partial charge in [-0.05, 0) is 67.1 Å². The number of nitrogens with one attached hydrogen (secondary N) is 1. The predicted octanol–water partition coefficient (Wildman–Crippen LogP) is 3.85. The van der Waals surface area contributed by atoms with Crippen molar-refractivity contribution in [1.29, 1.82) is 0 Å². The van der Waals surface area contributed by atoms with Crippen molar-refractivity contribution in [3.8, 4) is 5.75 Å². The van der Waals surface area contributed by atoms with Gasteiger partial charge in [-0.1, -0.05) is 12.1 Å². The average Bonchev–Trinajstić information content (AvgIpc) is 2.74. The predicted molar refractivity (Wildman–Crippen MR) is 129 cm³/mol. The number of esters is 1. The molecule has 0 saturated carbocycles. The first-order valence-electron chi connectivity index (χ1n) is 10.2. The SMILES string of the molecule is CC(C)(C)OC(=O)CNC(=O)c1c(O)c2cc(I)cnc2n(Cc2ccc(C(F)(F)F)cc2)c1=O. The number of fused-ring (bicyclic) bond motifs is 1. The Labute approximate surface area is 211 Å². The van der Waals surface area contributed by atoms with Gasteiger partial charge < -0.3 is 15.2 Å². The quantitative estimate of drug-likeness (QED) is 0.339. The van der Waals surface area contributed by atoms with Crippen LogP contribution < -0.4 is 10.9 Å². The van der Waals surface area contributed by atoms with Gasteiger partial charge in [0.25, 0.3) is 11.5 Å². The highest BCUT2D eigenvalue weighted by Gasteiger charge is 2.30. The summed E-state index contributed by atoms with van der Waals surface area (Å²) in [6.07, 6.45) is -3.08. The highest BCUT2D eigenvalue weighted by atomic mass is 127. The minimum Gasteiger partial charge on any atom is -0.506 e. The van der Waals surface area contributed by atoms with Crippen molar-refractivity contribution in [2.24, 2.45) is 0 Å². The molecule has 8 nitrogen and oxygen atoms in total. The maximum absolute atomic E-state index is 13.2. The smallest absolute Gasteiger partial charge is 0.416 e. The van der Waals surface area contributed by atoms with Gasteiger partial charge in [0.2, 0.25) is 0 Å². The molecule has 2 heterocycles. The first-order chi connectivity index (χ1) is 16.2. The van der Waals surface area contributed by atoms with E-state index in [0.717, 1.165) is 16.7 Å². The minimum absolute atomic E-state index is 0.0384. The maximum Gasteiger partial charge on any atom is 0.416 e. The number of amides is 1. The number of carbonyl (C=O) groups is 2. The molecule has 1 aromatic carbocycles. The Hall–Kier alpha value is -3.16. The Kier molecular flexibility index (Phi) is 7.43. The number of rotatable bonds is 5. The Bertz CT molecular complexity index is 1350. The molecule has 35 heavy (non-hydrogen) atoms. The highest BCUT2D eigenvalue weighted by molar-refractivity contribution is 14.1. The van der Waals surface area contributed by atoms with Gasteiger partial charge in [0.15, 0.2) is 0 Å². The van der Waals surface area contributed by atoms with Gasteiger partial charge in [0.05, 0.1) is 17.5 Å². The van der Waals surface area contributed by atoms with E-state index in [0.29, 0.717) is 9.13 Å². The zero-order valence-electron chi connectivity index (χ0n) is 18.9. The van der Waals surface area contributed by atoms with Crippen molar-refractivity contribution in [2.45, 2.75) is 39.1 Å². The summed E-state index contributed by atoms with van der Waals surface area (Å²) in [6.45, 7) is 4.19. The highest BCUT2D eigenvalue weighted by Crippen LogP contribution is 2.30. The molecule has 0 aliphatic carbocycles. The van der Waals surface area contributed by atoms with E-state index in [1.165, 1.54) is 24.4 Å². The number of alkyl halides is 3. The van der Waals surface area contributed by atoms with Crippen LogP contribution in [0.2, 0.25) is 0 Å². The van der Waals surface area contributed by atoms with Crippen molar-refractivity contribution >= 4 is 45.5 Å². The summed E-state index contributed by atoms with van der Waals surface area (Å²) in [6, 6.07) is 5.69. The number of benzene rings is 1. The monoisotopic (exact) mass is 603 g/mol. The number of ether oxygens (including phenoxy) is 1. The molecule has 0 spiro atoms. The molecule has 0 aliphatic heterocycles. The normalized spacial score (nSPS) is 12.0. The van der Waals surface area contributed by atoms with E-state index in [2.05, 4.69) is 10.3 Å². The van der Waals surface area contributed by atoms with E-state index >= 15 is 0 Å². The molecule has 1 amide bonds. The largest absolute Gasteiger partial charge is 0.506 e. The van der Waals surface area contributed by atoms with E-state index in [4.69, 9.17) is 4.74 Å². The second kappa shape index (κ2) is 9.84. The minimum atomic E-state index is -4.52. The molecule has 3 aromatic rings. The van der Waals surface area contributed by atoms with Crippen LogP contribution in [0.5, 0.6) is 5.75 Å². The fraction of sp³-hybridized carbons (Fsp3) is 0.304. The van der Waals surface area contributed by atoms with Crippen LogP contribution in [0, 0.1) is 3.57 Å². The Morgan fingerprint density at radius 2 is 1.80 bits per heavy atom. The molecule has 0 saturated heterocycles. The lowest BCUT2D eigenvalue weighted by Gasteiger charge is -2.19. The molecule has 0 bridgehead atoms. The van der Waals surface area contributed by atoms with E-state index in [9.17, 15) is 32.7 Å². The fourth-order valence-electron chi connectivity index (χ4n) is 3.24. The second-order valence-electron chi connectivity index (χ2n) is 8.60. The summed E-state index contributed by atoms with van der Waals surface area (Å²) in [5.74, 6) is -2.38. The van der Waals surface area contributed by atoms with Crippen LogP contribution in [-0.4, -0.2) is 38.7 Å². The number of hydrogen-bond acceptors (Lipinski definition) is 6. The van der Waals surface area contributed by atoms with Crippen LogP contribution in [0.1, 0.15) is 42.3 Å². The fourth-order valence-corrected chi connectivity index (χ4v) is 3.69. The van der Waals surface area contributed by atoms with Crippen molar-refractivity contribution < 1.29 is 32.6 Å². The third-order valence-electron chi connectivity index (χ3n) is 4.70. The van der Waals surface area contributed by atoms with E-state index in [-0.39, 0.29) is 17.6 Å². The summed E-state index contributed by atoms with van der Waals surface area (Å²) >= 11 is 1.94. The third-order valence-corrected chi connectivity index (χ3v) is 5.29. The lowest BCUT2D eigenvalue weighted by atomic mass is 10.1. The van der Waals surface area contributed by atoms with Crippen LogP contribution in [0.25, 0.3) is 11.0 Å². The number of aromatic nitrogens is 2. The van der Waals surface area contributed by atoms with Gasteiger partial charge in [-0.25, -0.2) is 4.98 Å². The second-order valence-corrected chi connectivity index (χ2v) is 9.85. The lowest BCUT2D eigenvalue weighted by molar-refractivity contribution is -0.153. The topological polar surface area (TPSA) is 111 Å². The van der Waals surface area contributed by atoms with Crippen LogP contribution >= 0.6 is 22.6 Å². The molecule has 0 atom stereocenters. The van der Waals surface area contributed by atoms with Crippen molar-refractivity contribution in [2.75, 3.05) is 6.54 Å². The third kappa shape index (κ3) is 6.29. The van der Waals surface area contributed by atoms with Gasteiger partial charge >= 0.3 is 12.1 Å². The maximum atomic E-state index is 13.2. The number of aromatic hydroxyl groups is 1. The van der Waals surface area contributed by atoms with E-state index in [1.54, 1.807) is 20.8 Å². The summed E-state index contributed by atoms with van der Waals surface area (Å²) in [4.78, 5) is 42.2. The number of halogens is 4. The zero-order chi connectivity index (χ0) is 26.1. The molecule has 0 aliphatic rings. The number of carbonyl (C=O) groups excluding carboxylic acids is 2. The summed E-state index contributed by atoms with van der Waals surface area (Å²) < 4.78 is 45.5. The van der Waals surface area contributed by atoms with Gasteiger partial charge in [-0.2, -0.15) is 13.2 Å². The molecule has 186 valence electrons. The lowest BCUT2D eigenvalue weighted by Crippen LogP contribution is -2.38. The van der Waals surface area contributed by atoms with E-state index < -0.39 is 52.6 Å². The van der Waals surface area contributed by atoms with Crippen molar-refractivity contribution in [3.63, 3.8) is 0 Å². The van der Waals surface area contributed by atoms with Crippen molar-refractivity contribution in [1.82, 2.24) is 14.9 Å². The Balaban J connectivity index is 2.03. The van der Waals surface area contributed by atoms with Gasteiger partial charge in [0, 0.05) is 9.77 Å². The number of pyridine rings is 2. The summed E-state index contributed by atoms with van der Waals surface area (Å²) in [7, 11) is 0. The number of nitrogens with zero attached hydrogens (tertiary/aromatic N) is 2. The molecule has 2 N–H and O–H groups in total. The molecule has 3 rings (SSSR count). The van der Waals surface area contributed by atoms with Crippen LogP contribution in [0.3, 0.4) is 0 Å². The number of hydrogen-bond donors (Lipinski definition) is 2. The average molecular weight is 603 g/mol. The first kappa shape index (κ1) is 26.4. The molecule has 12 heteroatoms. The molecule has 2 aromatic heterocycles. The summed E-state index contributed by atoms with van der Waals surface area (Å²) in [5.41, 5.74) is -2.81. The van der Waals surface area contributed by atoms with E-state index in [1.807, 2.05) is 22.6 Å². The van der Waals surface area contributed by atoms with Crippen LogP contribution in [0.15, 0.2) is 41.3 Å². The van der Waals surface area contributed by atoms with Crippen LogP contribution in [-0.2, 0) is 22.3 Å². The molecule has 0 radical (unpaired) electrons. The zero-order valence-corrected chi connectivity index (χ0v) is 21.0. The molecular formula is C23H21F3IN3O5. The standard InChI is InChI=1S/C23H21F3IN3O5/c1-22(2,3)35-16(31)10-29-20(33)17-18(32)15-8-14(27)9-28-19(15)30(21(17)34)11-12-4-6-13(7-5-12)23(24,25)26/h4-9,32H,10-11H2,1-3H3,(H,29,33). The van der Waals surface area contributed by atoms with Crippen LogP contribution in [0.4, 0.5) is 13.2 Å². The van der Waals surface area contributed by atoms with Gasteiger partial charge in [-0.3, -0.25) is 19.0 Å². The molecule has 0 unspecified atom stereocenters. The van der Waals surface area contributed by atoms with Crippen molar-refractivity contribution in [3.05, 3.63) is 67.1 Å². The van der Waals surface area contributed by atoms with Gasteiger partial charge in [0.1, 0.15) is 29.1 Å². The molecular weight excluding hydrogens is 582 g/mol. The summed E-state index contributed by atoms with van der Waals surface area (Å²) in [5, 5.41) is 13.1. The Morgan fingerprint density at radius 3 is 2.37 bits per heavy atom. The first-order valence-corrected chi connectivity index (χ1v) is 11.3. The molecule has 0 fully saturated rings.